The molecule has 1 fully saturated rings. The first-order valence-electron chi connectivity index (χ1n) is 5.76. The van der Waals surface area contributed by atoms with Gasteiger partial charge in [-0.25, -0.2) is 22.0 Å². The summed E-state index contributed by atoms with van der Waals surface area (Å²) in [5, 5.41) is 3.09. The van der Waals surface area contributed by atoms with E-state index in [2.05, 4.69) is 5.32 Å². The van der Waals surface area contributed by atoms with Crippen molar-refractivity contribution in [2.45, 2.75) is 19.4 Å². The Morgan fingerprint density at radius 1 is 0.895 bits per heavy atom. The average Bonchev–Trinajstić information content (AvgIpc) is 2.33. The summed E-state index contributed by atoms with van der Waals surface area (Å²) in [7, 11) is 0. The molecule has 1 aliphatic heterocycles. The van der Waals surface area contributed by atoms with Crippen molar-refractivity contribution < 1.29 is 22.0 Å². The Morgan fingerprint density at radius 3 is 1.84 bits per heavy atom. The highest BCUT2D eigenvalue weighted by molar-refractivity contribution is 5.51. The number of nitrogens with one attached hydrogen (secondary N) is 1. The van der Waals surface area contributed by atoms with Crippen LogP contribution < -0.4 is 10.2 Å². The highest BCUT2D eigenvalue weighted by atomic mass is 19.2. The van der Waals surface area contributed by atoms with Gasteiger partial charge in [-0.1, -0.05) is 0 Å². The minimum Gasteiger partial charge on any atom is -0.364 e. The zero-order valence-electron chi connectivity index (χ0n) is 10.5. The summed E-state index contributed by atoms with van der Waals surface area (Å²) < 4.78 is 66.6. The zero-order valence-corrected chi connectivity index (χ0v) is 10.5. The Kier molecular flexibility index (Phi) is 3.42. The smallest absolute Gasteiger partial charge is 0.200 e. The molecule has 19 heavy (non-hydrogen) atoms. The number of hydrogen-bond donors (Lipinski definition) is 1. The molecule has 2 nitrogen and oxygen atoms in total. The molecule has 7 heteroatoms. The molecule has 0 saturated carbocycles. The number of halogens is 5. The monoisotopic (exact) mass is 280 g/mol. The fourth-order valence-electron chi connectivity index (χ4n) is 2.20. The molecule has 0 atom stereocenters. The van der Waals surface area contributed by atoms with Crippen molar-refractivity contribution in [1.82, 2.24) is 5.32 Å². The van der Waals surface area contributed by atoms with E-state index in [4.69, 9.17) is 0 Å². The topological polar surface area (TPSA) is 15.3 Å². The maximum atomic E-state index is 13.7. The van der Waals surface area contributed by atoms with E-state index in [-0.39, 0.29) is 13.1 Å². The van der Waals surface area contributed by atoms with Crippen LogP contribution in [0.3, 0.4) is 0 Å². The summed E-state index contributed by atoms with van der Waals surface area (Å²) in [6, 6.07) is 0. The van der Waals surface area contributed by atoms with Gasteiger partial charge in [-0.3, -0.25) is 0 Å². The standard InChI is InChI=1S/C12H13F5N2/c1-12(2)5-19(4-3-18-12)11-9(16)7(14)6(13)8(15)10(11)17/h18H,3-5H2,1-2H3. The van der Waals surface area contributed by atoms with Gasteiger partial charge in [0.2, 0.25) is 5.82 Å². The Labute approximate surface area is 107 Å². The molecule has 0 radical (unpaired) electrons. The van der Waals surface area contributed by atoms with E-state index in [1.54, 1.807) is 13.8 Å². The van der Waals surface area contributed by atoms with Crippen molar-refractivity contribution in [1.29, 1.82) is 0 Å². The lowest BCUT2D eigenvalue weighted by Gasteiger charge is -2.40. The van der Waals surface area contributed by atoms with E-state index in [0.29, 0.717) is 6.54 Å². The Hall–Kier alpha value is -1.37. The maximum absolute atomic E-state index is 13.7. The van der Waals surface area contributed by atoms with Crippen molar-refractivity contribution >= 4 is 5.69 Å². The fraction of sp³-hybridized carbons (Fsp3) is 0.500. The Bertz CT molecular complexity index is 486. The van der Waals surface area contributed by atoms with Gasteiger partial charge in [0.05, 0.1) is 0 Å². The van der Waals surface area contributed by atoms with Crippen LogP contribution in [0.5, 0.6) is 0 Å². The van der Waals surface area contributed by atoms with Crippen molar-refractivity contribution in [3.63, 3.8) is 0 Å². The molecule has 0 amide bonds. The summed E-state index contributed by atoms with van der Waals surface area (Å²) in [5.74, 6) is -9.52. The zero-order chi connectivity index (χ0) is 14.4. The minimum atomic E-state index is -2.13. The molecule has 1 aromatic carbocycles. The van der Waals surface area contributed by atoms with Crippen molar-refractivity contribution in [2.24, 2.45) is 0 Å². The summed E-state index contributed by atoms with van der Waals surface area (Å²) in [6.45, 7) is 4.27. The van der Waals surface area contributed by atoms with E-state index >= 15 is 0 Å². The van der Waals surface area contributed by atoms with Crippen molar-refractivity contribution in [3.8, 4) is 0 Å². The summed E-state index contributed by atoms with van der Waals surface area (Å²) in [5.41, 5.74) is -1.33. The molecule has 0 aliphatic carbocycles. The highest BCUT2D eigenvalue weighted by Crippen LogP contribution is 2.31. The predicted octanol–water partition coefficient (Wildman–Crippen LogP) is 2.57. The van der Waals surface area contributed by atoms with Crippen LogP contribution in [0.4, 0.5) is 27.6 Å². The maximum Gasteiger partial charge on any atom is 0.200 e. The van der Waals surface area contributed by atoms with E-state index in [9.17, 15) is 22.0 Å². The van der Waals surface area contributed by atoms with Gasteiger partial charge in [-0.15, -0.1) is 0 Å². The van der Waals surface area contributed by atoms with E-state index in [0.717, 1.165) is 0 Å². The molecule has 1 aromatic rings. The normalized spacial score (nSPS) is 18.8. The average molecular weight is 280 g/mol. The van der Waals surface area contributed by atoms with E-state index in [1.165, 1.54) is 4.90 Å². The van der Waals surface area contributed by atoms with Gasteiger partial charge in [-0.05, 0) is 13.8 Å². The second-order valence-corrected chi connectivity index (χ2v) is 5.15. The second-order valence-electron chi connectivity index (χ2n) is 5.15. The first-order valence-corrected chi connectivity index (χ1v) is 5.76. The number of benzene rings is 1. The molecule has 106 valence electrons. The quantitative estimate of drug-likeness (QED) is 0.483. The van der Waals surface area contributed by atoms with Crippen molar-refractivity contribution in [3.05, 3.63) is 29.1 Å². The first kappa shape index (κ1) is 14.0. The van der Waals surface area contributed by atoms with Crippen LogP contribution in [0, 0.1) is 29.1 Å². The van der Waals surface area contributed by atoms with Gasteiger partial charge < -0.3 is 10.2 Å². The molecular weight excluding hydrogens is 267 g/mol. The van der Waals surface area contributed by atoms with E-state index < -0.39 is 40.3 Å². The molecule has 0 aromatic heterocycles. The largest absolute Gasteiger partial charge is 0.364 e. The first-order chi connectivity index (χ1) is 8.74. The predicted molar refractivity (Wildman–Crippen MR) is 60.5 cm³/mol. The molecule has 1 aliphatic rings. The van der Waals surface area contributed by atoms with Crippen LogP contribution in [-0.4, -0.2) is 25.2 Å². The third-order valence-electron chi connectivity index (χ3n) is 3.07. The van der Waals surface area contributed by atoms with Crippen molar-refractivity contribution in [2.75, 3.05) is 24.5 Å². The molecule has 1 heterocycles. The SMILES string of the molecule is CC1(C)CN(c2c(F)c(F)c(F)c(F)c2F)CCN1. The molecule has 1 N–H and O–H groups in total. The van der Waals surface area contributed by atoms with Crippen LogP contribution in [0.25, 0.3) is 0 Å². The number of anilines is 1. The van der Waals surface area contributed by atoms with Crippen LogP contribution >= 0.6 is 0 Å². The molecular formula is C12H13F5N2. The molecule has 1 saturated heterocycles. The summed E-state index contributed by atoms with van der Waals surface area (Å²) >= 11 is 0. The van der Waals surface area contributed by atoms with E-state index in [1.807, 2.05) is 0 Å². The van der Waals surface area contributed by atoms with Gasteiger partial charge in [0.15, 0.2) is 23.3 Å². The van der Waals surface area contributed by atoms with Gasteiger partial charge >= 0.3 is 0 Å². The number of rotatable bonds is 1. The van der Waals surface area contributed by atoms with Gasteiger partial charge in [0.25, 0.3) is 0 Å². The van der Waals surface area contributed by atoms with Crippen LogP contribution in [-0.2, 0) is 0 Å². The lowest BCUT2D eigenvalue weighted by molar-refractivity contribution is 0.338. The van der Waals surface area contributed by atoms with Gasteiger partial charge in [0.1, 0.15) is 5.69 Å². The lowest BCUT2D eigenvalue weighted by Crippen LogP contribution is -2.57. The van der Waals surface area contributed by atoms with Gasteiger partial charge in [-0.2, -0.15) is 0 Å². The lowest BCUT2D eigenvalue weighted by atomic mass is 10.0. The minimum absolute atomic E-state index is 0.144. The highest BCUT2D eigenvalue weighted by Gasteiger charge is 2.33. The van der Waals surface area contributed by atoms with Crippen LogP contribution in [0.1, 0.15) is 13.8 Å². The van der Waals surface area contributed by atoms with Gasteiger partial charge in [0, 0.05) is 25.2 Å². The third kappa shape index (κ3) is 2.39. The molecule has 0 spiro atoms. The summed E-state index contributed by atoms with van der Waals surface area (Å²) in [6.07, 6.45) is 0. The molecule has 0 unspecified atom stereocenters. The number of hydrogen-bond acceptors (Lipinski definition) is 2. The van der Waals surface area contributed by atoms with Crippen LogP contribution in [0.15, 0.2) is 0 Å². The fourth-order valence-corrected chi connectivity index (χ4v) is 2.20. The number of nitrogens with zero attached hydrogens (tertiary/aromatic N) is 1. The Balaban J connectivity index is 2.51. The molecule has 2 rings (SSSR count). The van der Waals surface area contributed by atoms with Crippen LogP contribution in [0.2, 0.25) is 0 Å². The summed E-state index contributed by atoms with van der Waals surface area (Å²) in [4.78, 5) is 1.17. The molecule has 0 bridgehead atoms. The second kappa shape index (κ2) is 4.63. The number of piperazine rings is 1. The Morgan fingerprint density at radius 2 is 1.37 bits per heavy atom. The third-order valence-corrected chi connectivity index (χ3v) is 3.07.